The van der Waals surface area contributed by atoms with Crippen LogP contribution in [0.3, 0.4) is 0 Å². The molecule has 0 radical (unpaired) electrons. The van der Waals surface area contributed by atoms with Gasteiger partial charge in [0, 0.05) is 46.4 Å². The molecule has 0 saturated carbocycles. The van der Waals surface area contributed by atoms with Gasteiger partial charge in [-0.3, -0.25) is 0 Å². The second-order valence-electron chi connectivity index (χ2n) is 5.21. The van der Waals surface area contributed by atoms with Crippen LogP contribution in [0, 0.1) is 0 Å². The molecule has 4 heteroatoms. The summed E-state index contributed by atoms with van der Waals surface area (Å²) in [6.45, 7) is 7.13. The molecular formula is C15H25N3O. The smallest absolute Gasteiger partial charge is 0.0613 e. The first-order valence-electron chi connectivity index (χ1n) is 7.00. The molecule has 106 valence electrons. The number of hydrogen-bond acceptors (Lipinski definition) is 4. The second-order valence-corrected chi connectivity index (χ2v) is 5.21. The number of fused-ring (bicyclic) bond motifs is 1. The maximum atomic E-state index is 5.13. The highest BCUT2D eigenvalue weighted by molar-refractivity contribution is 5.73. The molecule has 19 heavy (non-hydrogen) atoms. The third-order valence-corrected chi connectivity index (χ3v) is 3.63. The third-order valence-electron chi connectivity index (χ3n) is 3.63. The molecule has 0 saturated heterocycles. The van der Waals surface area contributed by atoms with Gasteiger partial charge in [-0.15, -0.1) is 0 Å². The summed E-state index contributed by atoms with van der Waals surface area (Å²) in [4.78, 5) is 4.79. The Labute approximate surface area is 116 Å². The van der Waals surface area contributed by atoms with Crippen molar-refractivity contribution in [3.05, 3.63) is 24.3 Å². The van der Waals surface area contributed by atoms with E-state index in [2.05, 4.69) is 53.4 Å². The van der Waals surface area contributed by atoms with Crippen LogP contribution in [0.15, 0.2) is 24.3 Å². The lowest BCUT2D eigenvalue weighted by molar-refractivity contribution is 0.172. The van der Waals surface area contributed by atoms with Crippen molar-refractivity contribution in [2.24, 2.45) is 0 Å². The van der Waals surface area contributed by atoms with E-state index in [4.69, 9.17) is 4.74 Å². The highest BCUT2D eigenvalue weighted by Gasteiger charge is 2.19. The van der Waals surface area contributed by atoms with Gasteiger partial charge in [0.1, 0.15) is 0 Å². The molecule has 0 bridgehead atoms. The van der Waals surface area contributed by atoms with E-state index in [9.17, 15) is 0 Å². The topological polar surface area (TPSA) is 27.7 Å². The van der Waals surface area contributed by atoms with Crippen molar-refractivity contribution in [2.45, 2.75) is 13.0 Å². The van der Waals surface area contributed by atoms with E-state index in [-0.39, 0.29) is 0 Å². The van der Waals surface area contributed by atoms with Gasteiger partial charge in [0.05, 0.1) is 18.0 Å². The van der Waals surface area contributed by atoms with E-state index in [0.717, 1.165) is 32.8 Å². The number of rotatable bonds is 6. The number of hydrogen-bond donors (Lipinski definition) is 1. The normalized spacial score (nSPS) is 16.4. The van der Waals surface area contributed by atoms with Crippen molar-refractivity contribution in [2.75, 3.05) is 56.7 Å². The fraction of sp³-hybridized carbons (Fsp3) is 0.600. The third kappa shape index (κ3) is 3.61. The Morgan fingerprint density at radius 1 is 1.26 bits per heavy atom. The summed E-state index contributed by atoms with van der Waals surface area (Å²) in [5.74, 6) is 0. The summed E-state index contributed by atoms with van der Waals surface area (Å²) in [6, 6.07) is 9.04. The van der Waals surface area contributed by atoms with Gasteiger partial charge in [0.15, 0.2) is 0 Å². The summed E-state index contributed by atoms with van der Waals surface area (Å²) in [5.41, 5.74) is 2.68. The molecule has 1 aliphatic heterocycles. The van der Waals surface area contributed by atoms with Gasteiger partial charge in [-0.05, 0) is 19.1 Å². The van der Waals surface area contributed by atoms with Crippen LogP contribution in [0.1, 0.15) is 6.92 Å². The Morgan fingerprint density at radius 2 is 2.00 bits per heavy atom. The zero-order valence-electron chi connectivity index (χ0n) is 12.2. The maximum Gasteiger partial charge on any atom is 0.0613 e. The fourth-order valence-corrected chi connectivity index (χ4v) is 2.55. The molecule has 0 fully saturated rings. The van der Waals surface area contributed by atoms with Crippen LogP contribution < -0.4 is 15.1 Å². The highest BCUT2D eigenvalue weighted by atomic mass is 16.5. The second kappa shape index (κ2) is 6.78. The van der Waals surface area contributed by atoms with Gasteiger partial charge >= 0.3 is 0 Å². The number of ether oxygens (including phenoxy) is 1. The van der Waals surface area contributed by atoms with Crippen molar-refractivity contribution in [1.29, 1.82) is 0 Å². The van der Waals surface area contributed by atoms with E-state index < -0.39 is 0 Å². The molecule has 0 aromatic heterocycles. The van der Waals surface area contributed by atoms with Crippen molar-refractivity contribution >= 4 is 11.4 Å². The van der Waals surface area contributed by atoms with Gasteiger partial charge in [-0.1, -0.05) is 12.1 Å². The van der Waals surface area contributed by atoms with Gasteiger partial charge in [-0.25, -0.2) is 0 Å². The maximum absolute atomic E-state index is 5.13. The number of nitrogens with one attached hydrogen (secondary N) is 1. The van der Waals surface area contributed by atoms with Crippen LogP contribution in [-0.2, 0) is 4.74 Å². The molecule has 4 nitrogen and oxygen atoms in total. The highest BCUT2D eigenvalue weighted by Crippen LogP contribution is 2.31. The number of benzene rings is 1. The minimum atomic E-state index is 0.410. The molecule has 1 heterocycles. The standard InChI is InChI=1S/C15H25N3O/c1-13(12-19-3)16-8-9-18-11-10-17(2)14-6-4-5-7-15(14)18/h4-7,13,16H,8-12H2,1-3H3. The fourth-order valence-electron chi connectivity index (χ4n) is 2.55. The van der Waals surface area contributed by atoms with Gasteiger partial charge in [-0.2, -0.15) is 0 Å². The molecule has 1 atom stereocenters. The summed E-state index contributed by atoms with van der Waals surface area (Å²) in [6.07, 6.45) is 0. The summed E-state index contributed by atoms with van der Waals surface area (Å²) >= 11 is 0. The molecule has 1 aromatic carbocycles. The quantitative estimate of drug-likeness (QED) is 0.843. The number of anilines is 2. The van der Waals surface area contributed by atoms with Crippen LogP contribution in [0.5, 0.6) is 0 Å². The van der Waals surface area contributed by atoms with Gasteiger partial charge in [0.25, 0.3) is 0 Å². The van der Waals surface area contributed by atoms with Crippen LogP contribution in [0.25, 0.3) is 0 Å². The predicted octanol–water partition coefficient (Wildman–Crippen LogP) is 1.57. The largest absolute Gasteiger partial charge is 0.383 e. The lowest BCUT2D eigenvalue weighted by Gasteiger charge is -2.37. The first-order chi connectivity index (χ1) is 9.22. The molecular weight excluding hydrogens is 238 g/mol. The molecule has 1 unspecified atom stereocenters. The van der Waals surface area contributed by atoms with E-state index in [1.807, 2.05) is 0 Å². The van der Waals surface area contributed by atoms with Crippen LogP contribution in [0.4, 0.5) is 11.4 Å². The van der Waals surface area contributed by atoms with Crippen molar-refractivity contribution in [3.8, 4) is 0 Å². The van der Waals surface area contributed by atoms with Crippen molar-refractivity contribution < 1.29 is 4.74 Å². The minimum absolute atomic E-state index is 0.410. The van der Waals surface area contributed by atoms with Crippen LogP contribution in [0.2, 0.25) is 0 Å². The molecule has 2 rings (SSSR count). The van der Waals surface area contributed by atoms with Crippen molar-refractivity contribution in [1.82, 2.24) is 5.32 Å². The lowest BCUT2D eigenvalue weighted by Crippen LogP contribution is -2.43. The van der Waals surface area contributed by atoms with Gasteiger partial charge in [0.2, 0.25) is 0 Å². The zero-order valence-corrected chi connectivity index (χ0v) is 12.2. The number of likely N-dealkylation sites (N-methyl/N-ethyl adjacent to an activating group) is 1. The first-order valence-corrected chi connectivity index (χ1v) is 7.00. The van der Waals surface area contributed by atoms with Crippen molar-refractivity contribution in [3.63, 3.8) is 0 Å². The lowest BCUT2D eigenvalue weighted by atomic mass is 10.2. The summed E-state index contributed by atoms with van der Waals surface area (Å²) in [7, 11) is 3.91. The minimum Gasteiger partial charge on any atom is -0.383 e. The molecule has 0 aliphatic carbocycles. The summed E-state index contributed by atoms with van der Waals surface area (Å²) < 4.78 is 5.13. The Bertz CT molecular complexity index is 397. The summed E-state index contributed by atoms with van der Waals surface area (Å²) in [5, 5.41) is 3.49. The zero-order chi connectivity index (χ0) is 13.7. The number of methoxy groups -OCH3 is 1. The van der Waals surface area contributed by atoms with E-state index >= 15 is 0 Å². The first kappa shape index (κ1) is 14.2. The number of para-hydroxylation sites is 2. The van der Waals surface area contributed by atoms with E-state index in [1.54, 1.807) is 7.11 Å². The molecule has 0 spiro atoms. The van der Waals surface area contributed by atoms with E-state index in [0.29, 0.717) is 6.04 Å². The van der Waals surface area contributed by atoms with Gasteiger partial charge < -0.3 is 19.9 Å². The number of nitrogens with zero attached hydrogens (tertiary/aromatic N) is 2. The Balaban J connectivity index is 1.90. The molecule has 1 aromatic rings. The average Bonchev–Trinajstić information content (AvgIpc) is 2.42. The Morgan fingerprint density at radius 3 is 2.74 bits per heavy atom. The molecule has 0 amide bonds. The molecule has 1 aliphatic rings. The Kier molecular flexibility index (Phi) is 5.05. The average molecular weight is 263 g/mol. The Hall–Kier alpha value is -1.26. The predicted molar refractivity (Wildman–Crippen MR) is 81.3 cm³/mol. The monoisotopic (exact) mass is 263 g/mol. The van der Waals surface area contributed by atoms with Crippen LogP contribution in [-0.4, -0.2) is 53.0 Å². The van der Waals surface area contributed by atoms with E-state index in [1.165, 1.54) is 11.4 Å². The molecule has 1 N–H and O–H groups in total. The SMILES string of the molecule is COCC(C)NCCN1CCN(C)c2ccccc21. The van der Waals surface area contributed by atoms with Crippen LogP contribution >= 0.6 is 0 Å².